The third-order valence-electron chi connectivity index (χ3n) is 5.36. The number of aromatic nitrogens is 2. The van der Waals surface area contributed by atoms with E-state index in [1.54, 1.807) is 11.3 Å². The molecular formula is C24H25N3OS. The van der Waals surface area contributed by atoms with Gasteiger partial charge >= 0.3 is 0 Å². The predicted molar refractivity (Wildman–Crippen MR) is 122 cm³/mol. The minimum Gasteiger partial charge on any atom is -0.309 e. The molecule has 1 atom stereocenters. The zero-order valence-corrected chi connectivity index (χ0v) is 18.0. The number of nitrogens with zero attached hydrogens (tertiary/aromatic N) is 1. The van der Waals surface area contributed by atoms with Crippen molar-refractivity contribution in [3.63, 3.8) is 0 Å². The molecule has 0 saturated carbocycles. The highest BCUT2D eigenvalue weighted by Crippen LogP contribution is 2.35. The molecule has 0 fully saturated rings. The van der Waals surface area contributed by atoms with Gasteiger partial charge in [-0.1, -0.05) is 54.1 Å². The molecule has 2 heterocycles. The molecule has 5 heteroatoms. The first-order valence-electron chi connectivity index (χ1n) is 9.82. The van der Waals surface area contributed by atoms with Crippen LogP contribution in [0.15, 0.2) is 53.3 Å². The zero-order valence-electron chi connectivity index (χ0n) is 17.2. The Bertz CT molecular complexity index is 1220. The van der Waals surface area contributed by atoms with E-state index >= 15 is 0 Å². The molecule has 0 saturated heterocycles. The fraction of sp³-hybridized carbons (Fsp3) is 0.250. The van der Waals surface area contributed by atoms with Crippen LogP contribution in [0, 0.1) is 20.8 Å². The van der Waals surface area contributed by atoms with Crippen molar-refractivity contribution in [2.24, 2.45) is 0 Å². The number of aryl methyl sites for hydroxylation is 3. The van der Waals surface area contributed by atoms with Crippen molar-refractivity contribution in [3.05, 3.63) is 86.3 Å². The highest BCUT2D eigenvalue weighted by molar-refractivity contribution is 7.19. The Hall–Kier alpha value is -2.76. The van der Waals surface area contributed by atoms with Gasteiger partial charge < -0.3 is 10.3 Å². The molecule has 4 aromatic rings. The molecule has 0 aliphatic heterocycles. The quantitative estimate of drug-likeness (QED) is 0.467. The van der Waals surface area contributed by atoms with Gasteiger partial charge in [-0.25, -0.2) is 4.98 Å². The van der Waals surface area contributed by atoms with Crippen LogP contribution < -0.4 is 10.9 Å². The Morgan fingerprint density at radius 2 is 1.79 bits per heavy atom. The largest absolute Gasteiger partial charge is 0.309 e. The van der Waals surface area contributed by atoms with Crippen molar-refractivity contribution in [2.45, 2.75) is 40.3 Å². The molecule has 29 heavy (non-hydrogen) atoms. The zero-order chi connectivity index (χ0) is 20.5. The van der Waals surface area contributed by atoms with Crippen LogP contribution in [0.2, 0.25) is 0 Å². The molecular weight excluding hydrogens is 378 g/mol. The van der Waals surface area contributed by atoms with Crippen LogP contribution in [0.3, 0.4) is 0 Å². The molecule has 0 radical (unpaired) electrons. The lowest BCUT2D eigenvalue weighted by Crippen LogP contribution is -2.22. The van der Waals surface area contributed by atoms with Crippen molar-refractivity contribution < 1.29 is 0 Å². The maximum Gasteiger partial charge on any atom is 0.260 e. The molecule has 0 unspecified atom stereocenters. The summed E-state index contributed by atoms with van der Waals surface area (Å²) in [4.78, 5) is 22.6. The second kappa shape index (κ2) is 7.93. The van der Waals surface area contributed by atoms with Gasteiger partial charge in [-0.2, -0.15) is 0 Å². The summed E-state index contributed by atoms with van der Waals surface area (Å²) in [7, 11) is 0. The van der Waals surface area contributed by atoms with E-state index in [-0.39, 0.29) is 11.6 Å². The van der Waals surface area contributed by atoms with Crippen LogP contribution in [0.1, 0.15) is 40.4 Å². The number of benzene rings is 2. The summed E-state index contributed by atoms with van der Waals surface area (Å²) in [5.74, 6) is 0.666. The van der Waals surface area contributed by atoms with Crippen molar-refractivity contribution in [1.82, 2.24) is 15.3 Å². The van der Waals surface area contributed by atoms with Gasteiger partial charge in [0, 0.05) is 16.5 Å². The van der Waals surface area contributed by atoms with E-state index in [0.717, 1.165) is 20.8 Å². The lowest BCUT2D eigenvalue weighted by atomic mass is 10.0. The first-order valence-corrected chi connectivity index (χ1v) is 10.6. The fourth-order valence-electron chi connectivity index (χ4n) is 3.75. The van der Waals surface area contributed by atoms with Gasteiger partial charge in [-0.15, -0.1) is 11.3 Å². The topological polar surface area (TPSA) is 57.8 Å². The van der Waals surface area contributed by atoms with Crippen molar-refractivity contribution in [3.8, 4) is 11.1 Å². The molecule has 2 aromatic heterocycles. The highest BCUT2D eigenvalue weighted by atomic mass is 32.1. The Balaban J connectivity index is 1.64. The van der Waals surface area contributed by atoms with Crippen molar-refractivity contribution in [2.75, 3.05) is 0 Å². The summed E-state index contributed by atoms with van der Waals surface area (Å²) in [5, 5.41) is 4.17. The maximum absolute atomic E-state index is 12.9. The fourth-order valence-corrected chi connectivity index (χ4v) is 4.81. The number of hydrogen-bond donors (Lipinski definition) is 2. The number of H-pyrrole nitrogens is 1. The van der Waals surface area contributed by atoms with Crippen molar-refractivity contribution in [1.29, 1.82) is 0 Å². The summed E-state index contributed by atoms with van der Waals surface area (Å²) in [6, 6.07) is 16.8. The molecule has 4 rings (SSSR count). The number of fused-ring (bicyclic) bond motifs is 1. The monoisotopic (exact) mass is 403 g/mol. The number of rotatable bonds is 5. The summed E-state index contributed by atoms with van der Waals surface area (Å²) in [6.45, 7) is 8.87. The molecule has 2 aromatic carbocycles. The molecule has 0 bridgehead atoms. The third kappa shape index (κ3) is 3.88. The second-order valence-corrected chi connectivity index (χ2v) is 8.75. The van der Waals surface area contributed by atoms with Crippen LogP contribution in [-0.4, -0.2) is 9.97 Å². The number of thiophene rings is 1. The maximum atomic E-state index is 12.9. The molecule has 2 N–H and O–H groups in total. The highest BCUT2D eigenvalue weighted by Gasteiger charge is 2.17. The van der Waals surface area contributed by atoms with E-state index < -0.39 is 0 Å². The normalized spacial score (nSPS) is 12.4. The predicted octanol–water partition coefficient (Wildman–Crippen LogP) is 5.43. The van der Waals surface area contributed by atoms with Gasteiger partial charge in [-0.05, 0) is 44.4 Å². The molecule has 0 spiro atoms. The van der Waals surface area contributed by atoms with E-state index in [1.807, 2.05) is 12.1 Å². The smallest absolute Gasteiger partial charge is 0.260 e. The summed E-state index contributed by atoms with van der Waals surface area (Å²) in [5.41, 5.74) is 5.69. The second-order valence-electron chi connectivity index (χ2n) is 7.55. The number of nitrogens with one attached hydrogen (secondary N) is 2. The lowest BCUT2D eigenvalue weighted by Gasteiger charge is -2.16. The molecule has 148 valence electrons. The van der Waals surface area contributed by atoms with Gasteiger partial charge in [0.05, 0.1) is 11.9 Å². The van der Waals surface area contributed by atoms with Gasteiger partial charge in [0.25, 0.3) is 5.56 Å². The van der Waals surface area contributed by atoms with E-state index in [4.69, 9.17) is 4.98 Å². The Morgan fingerprint density at radius 3 is 2.52 bits per heavy atom. The van der Waals surface area contributed by atoms with Gasteiger partial charge in [0.1, 0.15) is 10.7 Å². The first kappa shape index (κ1) is 19.6. The SMILES string of the molecule is Cc1ccc(-c2c(C)sc3nc(CN[C@@H](C)c4ccccc4C)[nH]c(=O)c23)cc1. The number of hydrogen-bond acceptors (Lipinski definition) is 4. The van der Waals surface area contributed by atoms with E-state index in [9.17, 15) is 4.79 Å². The van der Waals surface area contributed by atoms with Crippen LogP contribution in [0.25, 0.3) is 21.3 Å². The van der Waals surface area contributed by atoms with Gasteiger partial charge in [0.2, 0.25) is 0 Å². The van der Waals surface area contributed by atoms with Crippen LogP contribution >= 0.6 is 11.3 Å². The van der Waals surface area contributed by atoms with E-state index in [0.29, 0.717) is 17.8 Å². The van der Waals surface area contributed by atoms with Crippen LogP contribution in [0.4, 0.5) is 0 Å². The molecule has 0 aliphatic carbocycles. The Kier molecular flexibility index (Phi) is 5.35. The van der Waals surface area contributed by atoms with Crippen LogP contribution in [0.5, 0.6) is 0 Å². The Labute approximate surface area is 174 Å². The third-order valence-corrected chi connectivity index (χ3v) is 6.36. The van der Waals surface area contributed by atoms with Crippen molar-refractivity contribution >= 4 is 21.6 Å². The summed E-state index contributed by atoms with van der Waals surface area (Å²) < 4.78 is 0. The van der Waals surface area contributed by atoms with Crippen LogP contribution in [-0.2, 0) is 6.54 Å². The van der Waals surface area contributed by atoms with Gasteiger partial charge in [-0.3, -0.25) is 4.79 Å². The minimum absolute atomic E-state index is 0.0738. The molecule has 0 aliphatic rings. The average Bonchev–Trinajstić information content (AvgIpc) is 3.03. The van der Waals surface area contributed by atoms with E-state index in [2.05, 4.69) is 74.4 Å². The standard InChI is InChI=1S/C24H25N3OS/c1-14-9-11-18(12-10-14)21-17(4)29-24-22(21)23(28)26-20(27-24)13-25-16(3)19-8-6-5-7-15(19)2/h5-12,16,25H,13H2,1-4H3,(H,26,27,28)/t16-/m0/s1. The van der Waals surface area contributed by atoms with E-state index in [1.165, 1.54) is 16.7 Å². The molecule has 4 nitrogen and oxygen atoms in total. The first-order chi connectivity index (χ1) is 13.9. The minimum atomic E-state index is -0.0738. The molecule has 0 amide bonds. The van der Waals surface area contributed by atoms with Gasteiger partial charge in [0.15, 0.2) is 0 Å². The lowest BCUT2D eigenvalue weighted by molar-refractivity contribution is 0.557. The number of aromatic amines is 1. The summed E-state index contributed by atoms with van der Waals surface area (Å²) in [6.07, 6.45) is 0. The average molecular weight is 404 g/mol. The summed E-state index contributed by atoms with van der Waals surface area (Å²) >= 11 is 1.58. The Morgan fingerprint density at radius 1 is 1.07 bits per heavy atom.